The highest BCUT2D eigenvalue weighted by molar-refractivity contribution is 6.31. The first kappa shape index (κ1) is 13.8. The minimum absolute atomic E-state index is 0.610. The van der Waals surface area contributed by atoms with Crippen LogP contribution in [0.25, 0.3) is 0 Å². The molecule has 3 N–H and O–H groups in total. The second-order valence-electron chi connectivity index (χ2n) is 4.16. The standard InChI is InChI=1S/C14H14Cl2N2O/c1-8-5-13(14(19-2)7-10(8)16)18-12-6-9(15)3-4-11(12)17/h3-7,18H,17H2,1-2H3. The lowest BCUT2D eigenvalue weighted by Gasteiger charge is -2.14. The molecule has 0 aromatic heterocycles. The molecule has 2 aromatic rings. The number of nitrogens with one attached hydrogen (secondary N) is 1. The van der Waals surface area contributed by atoms with Gasteiger partial charge in [-0.15, -0.1) is 0 Å². The predicted molar refractivity (Wildman–Crippen MR) is 81.9 cm³/mol. The fraction of sp³-hybridized carbons (Fsp3) is 0.143. The molecular weight excluding hydrogens is 283 g/mol. The Bertz CT molecular complexity index is 615. The van der Waals surface area contributed by atoms with E-state index in [0.717, 1.165) is 16.9 Å². The van der Waals surface area contributed by atoms with Gasteiger partial charge in [0.15, 0.2) is 0 Å². The van der Waals surface area contributed by atoms with Gasteiger partial charge in [0, 0.05) is 16.1 Å². The number of rotatable bonds is 3. The molecule has 0 saturated heterocycles. The molecule has 0 saturated carbocycles. The molecule has 5 heteroatoms. The van der Waals surface area contributed by atoms with Crippen LogP contribution in [0.5, 0.6) is 5.75 Å². The smallest absolute Gasteiger partial charge is 0.143 e. The van der Waals surface area contributed by atoms with Crippen molar-refractivity contribution < 1.29 is 4.74 Å². The SMILES string of the molecule is COc1cc(Cl)c(C)cc1Nc1cc(Cl)ccc1N. The molecule has 0 aliphatic rings. The third kappa shape index (κ3) is 3.06. The normalized spacial score (nSPS) is 10.3. The molecule has 0 amide bonds. The van der Waals surface area contributed by atoms with Crippen molar-refractivity contribution in [2.45, 2.75) is 6.92 Å². The number of hydrogen-bond donors (Lipinski definition) is 2. The van der Waals surface area contributed by atoms with Gasteiger partial charge in [0.1, 0.15) is 5.75 Å². The summed E-state index contributed by atoms with van der Waals surface area (Å²) >= 11 is 12.0. The minimum Gasteiger partial charge on any atom is -0.495 e. The first-order valence-electron chi connectivity index (χ1n) is 5.67. The Morgan fingerprint density at radius 3 is 2.53 bits per heavy atom. The summed E-state index contributed by atoms with van der Waals surface area (Å²) in [5, 5.41) is 4.47. The molecule has 0 unspecified atom stereocenters. The zero-order chi connectivity index (χ0) is 14.0. The van der Waals surface area contributed by atoms with E-state index >= 15 is 0 Å². The van der Waals surface area contributed by atoms with Crippen LogP contribution >= 0.6 is 23.2 Å². The highest BCUT2D eigenvalue weighted by atomic mass is 35.5. The summed E-state index contributed by atoms with van der Waals surface area (Å²) in [5.41, 5.74) is 8.99. The summed E-state index contributed by atoms with van der Waals surface area (Å²) in [6, 6.07) is 8.92. The quantitative estimate of drug-likeness (QED) is 0.812. The molecular formula is C14H14Cl2N2O. The first-order chi connectivity index (χ1) is 9.01. The van der Waals surface area contributed by atoms with Crippen molar-refractivity contribution in [2.75, 3.05) is 18.2 Å². The Morgan fingerprint density at radius 2 is 1.84 bits per heavy atom. The molecule has 2 aromatic carbocycles. The van der Waals surface area contributed by atoms with Gasteiger partial charge in [-0.25, -0.2) is 0 Å². The fourth-order valence-electron chi connectivity index (χ4n) is 1.71. The van der Waals surface area contributed by atoms with Gasteiger partial charge in [0.2, 0.25) is 0 Å². The third-order valence-corrected chi connectivity index (χ3v) is 3.41. The van der Waals surface area contributed by atoms with Crippen LogP contribution in [0, 0.1) is 6.92 Å². The van der Waals surface area contributed by atoms with E-state index in [1.54, 1.807) is 31.4 Å². The van der Waals surface area contributed by atoms with E-state index in [0.29, 0.717) is 21.5 Å². The zero-order valence-electron chi connectivity index (χ0n) is 10.6. The summed E-state index contributed by atoms with van der Waals surface area (Å²) in [6.07, 6.45) is 0. The number of halogens is 2. The number of methoxy groups -OCH3 is 1. The second kappa shape index (κ2) is 5.59. The maximum atomic E-state index is 6.07. The largest absolute Gasteiger partial charge is 0.495 e. The van der Waals surface area contributed by atoms with Gasteiger partial charge in [0.25, 0.3) is 0 Å². The van der Waals surface area contributed by atoms with E-state index in [2.05, 4.69) is 5.32 Å². The molecule has 0 fully saturated rings. The molecule has 0 aliphatic carbocycles. The van der Waals surface area contributed by atoms with Gasteiger partial charge in [-0.05, 0) is 36.8 Å². The van der Waals surface area contributed by atoms with Crippen LogP contribution in [0.15, 0.2) is 30.3 Å². The van der Waals surface area contributed by atoms with E-state index < -0.39 is 0 Å². The minimum atomic E-state index is 0.610. The van der Waals surface area contributed by atoms with Gasteiger partial charge in [-0.2, -0.15) is 0 Å². The van der Waals surface area contributed by atoms with Gasteiger partial charge < -0.3 is 15.8 Å². The van der Waals surface area contributed by atoms with E-state index in [4.69, 9.17) is 33.7 Å². The van der Waals surface area contributed by atoms with Crippen molar-refractivity contribution in [3.05, 3.63) is 45.9 Å². The molecule has 0 aliphatic heterocycles. The van der Waals surface area contributed by atoms with Crippen LogP contribution in [0.4, 0.5) is 17.1 Å². The molecule has 0 heterocycles. The van der Waals surface area contributed by atoms with Crippen LogP contribution in [-0.2, 0) is 0 Å². The topological polar surface area (TPSA) is 47.3 Å². The lowest BCUT2D eigenvalue weighted by Crippen LogP contribution is -1.99. The van der Waals surface area contributed by atoms with E-state index in [1.807, 2.05) is 13.0 Å². The van der Waals surface area contributed by atoms with E-state index in [-0.39, 0.29) is 0 Å². The van der Waals surface area contributed by atoms with Crippen LogP contribution in [0.2, 0.25) is 10.0 Å². The Balaban J connectivity index is 2.42. The monoisotopic (exact) mass is 296 g/mol. The number of nitrogen functional groups attached to an aromatic ring is 1. The fourth-order valence-corrected chi connectivity index (χ4v) is 2.04. The van der Waals surface area contributed by atoms with Gasteiger partial charge in [0.05, 0.1) is 24.2 Å². The van der Waals surface area contributed by atoms with Crippen LogP contribution in [-0.4, -0.2) is 7.11 Å². The second-order valence-corrected chi connectivity index (χ2v) is 5.00. The predicted octanol–water partition coefficient (Wildman–Crippen LogP) is 4.64. The average molecular weight is 297 g/mol. The lowest BCUT2D eigenvalue weighted by atomic mass is 10.2. The van der Waals surface area contributed by atoms with Crippen molar-refractivity contribution >= 4 is 40.3 Å². The van der Waals surface area contributed by atoms with Gasteiger partial charge >= 0.3 is 0 Å². The number of ether oxygens (including phenoxy) is 1. The summed E-state index contributed by atoms with van der Waals surface area (Å²) in [5.74, 6) is 0.648. The van der Waals surface area contributed by atoms with Crippen LogP contribution < -0.4 is 15.8 Å². The van der Waals surface area contributed by atoms with E-state index in [1.165, 1.54) is 0 Å². The summed E-state index contributed by atoms with van der Waals surface area (Å²) in [7, 11) is 1.59. The maximum absolute atomic E-state index is 6.07. The van der Waals surface area contributed by atoms with Crippen molar-refractivity contribution in [3.63, 3.8) is 0 Å². The van der Waals surface area contributed by atoms with Crippen molar-refractivity contribution in [1.82, 2.24) is 0 Å². The number of anilines is 3. The Hall–Kier alpha value is -1.58. The van der Waals surface area contributed by atoms with Crippen molar-refractivity contribution in [2.24, 2.45) is 0 Å². The van der Waals surface area contributed by atoms with E-state index in [9.17, 15) is 0 Å². The van der Waals surface area contributed by atoms with Gasteiger partial charge in [-0.3, -0.25) is 0 Å². The van der Waals surface area contributed by atoms with Crippen LogP contribution in [0.3, 0.4) is 0 Å². The number of benzene rings is 2. The maximum Gasteiger partial charge on any atom is 0.143 e. The van der Waals surface area contributed by atoms with Crippen molar-refractivity contribution in [1.29, 1.82) is 0 Å². The third-order valence-electron chi connectivity index (χ3n) is 2.77. The molecule has 0 radical (unpaired) electrons. The zero-order valence-corrected chi connectivity index (χ0v) is 12.1. The molecule has 2 rings (SSSR count). The van der Waals surface area contributed by atoms with Crippen molar-refractivity contribution in [3.8, 4) is 5.75 Å². The Labute approximate surface area is 122 Å². The summed E-state index contributed by atoms with van der Waals surface area (Å²) in [4.78, 5) is 0. The number of aryl methyl sites for hydroxylation is 1. The first-order valence-corrected chi connectivity index (χ1v) is 6.43. The molecule has 100 valence electrons. The van der Waals surface area contributed by atoms with Crippen LogP contribution in [0.1, 0.15) is 5.56 Å². The summed E-state index contributed by atoms with van der Waals surface area (Å²) in [6.45, 7) is 1.92. The molecule has 0 bridgehead atoms. The molecule has 0 spiro atoms. The highest BCUT2D eigenvalue weighted by Crippen LogP contribution is 2.35. The van der Waals surface area contributed by atoms with Gasteiger partial charge in [-0.1, -0.05) is 23.2 Å². The lowest BCUT2D eigenvalue weighted by molar-refractivity contribution is 0.417. The number of hydrogen-bond acceptors (Lipinski definition) is 3. The molecule has 3 nitrogen and oxygen atoms in total. The Morgan fingerprint density at radius 1 is 1.11 bits per heavy atom. The summed E-state index contributed by atoms with van der Waals surface area (Å²) < 4.78 is 5.30. The molecule has 0 atom stereocenters. The average Bonchev–Trinajstić information content (AvgIpc) is 2.38. The number of nitrogens with two attached hydrogens (primary N) is 1. The molecule has 19 heavy (non-hydrogen) atoms. The highest BCUT2D eigenvalue weighted by Gasteiger charge is 2.09. The Kier molecular flexibility index (Phi) is 4.08.